The molecule has 6 rings (SSSR count). The molecule has 0 aliphatic rings. The molecule has 3 heteroatoms. The molecule has 0 atom stereocenters. The normalized spacial score (nSPS) is 13.4. The molecule has 0 aliphatic carbocycles. The topological polar surface area (TPSA) is 8.29 Å². The molecule has 3 heterocycles. The molecule has 0 N–H and O–H groups in total. The highest BCUT2D eigenvalue weighted by molar-refractivity contribution is 6.89. The predicted molar refractivity (Wildman–Crippen MR) is 156 cm³/mol. The van der Waals surface area contributed by atoms with Crippen LogP contribution in [0.15, 0.2) is 42.6 Å². The molecule has 0 saturated heterocycles. The highest BCUT2D eigenvalue weighted by Crippen LogP contribution is 2.44. The van der Waals surface area contributed by atoms with Gasteiger partial charge in [-0.1, -0.05) is 63.8 Å². The van der Waals surface area contributed by atoms with Crippen LogP contribution >= 0.6 is 0 Å². The average Bonchev–Trinajstić information content (AvgIpc) is 3.12. The van der Waals surface area contributed by atoms with Gasteiger partial charge in [-0.3, -0.25) is 0 Å². The Morgan fingerprint density at radius 3 is 2.11 bits per heavy atom. The summed E-state index contributed by atoms with van der Waals surface area (Å²) in [6.07, 6.45) is 2.26. The van der Waals surface area contributed by atoms with E-state index in [1.807, 2.05) is 0 Å². The van der Waals surface area contributed by atoms with Crippen LogP contribution < -0.4 is 9.75 Å². The van der Waals surface area contributed by atoms with Crippen molar-refractivity contribution in [3.8, 4) is 0 Å². The van der Waals surface area contributed by atoms with Gasteiger partial charge in [0, 0.05) is 16.8 Å². The summed E-state index contributed by atoms with van der Waals surface area (Å²) in [4.78, 5) is 0. The number of nitrogens with zero attached hydrogens (tertiary/aromatic N) is 2. The summed E-state index contributed by atoms with van der Waals surface area (Å²) in [6.45, 7) is 21.3. The quantitative estimate of drug-likeness (QED) is 0.0998. The van der Waals surface area contributed by atoms with E-state index < -0.39 is 8.07 Å². The average molecular weight is 478 g/mol. The van der Waals surface area contributed by atoms with Crippen LogP contribution in [-0.2, 0) is 12.5 Å². The third-order valence-corrected chi connectivity index (χ3v) is 10.5. The van der Waals surface area contributed by atoms with E-state index in [-0.39, 0.29) is 5.41 Å². The molecular formula is C32H37N2Si+. The van der Waals surface area contributed by atoms with Crippen LogP contribution in [0.2, 0.25) is 19.6 Å². The second kappa shape index (κ2) is 6.85. The summed E-state index contributed by atoms with van der Waals surface area (Å²) >= 11 is 0. The van der Waals surface area contributed by atoms with Crippen molar-refractivity contribution in [1.29, 1.82) is 0 Å². The molecule has 178 valence electrons. The van der Waals surface area contributed by atoms with Crippen molar-refractivity contribution < 1.29 is 4.57 Å². The first-order chi connectivity index (χ1) is 16.3. The molecule has 35 heavy (non-hydrogen) atoms. The number of aromatic nitrogens is 2. The van der Waals surface area contributed by atoms with Crippen LogP contribution in [0.1, 0.15) is 43.0 Å². The number of fused-ring (bicyclic) bond motifs is 5. The van der Waals surface area contributed by atoms with Gasteiger partial charge in [-0.2, -0.15) is 0 Å². The summed E-state index contributed by atoms with van der Waals surface area (Å²) in [6, 6.07) is 14.5. The largest absolute Gasteiger partial charge is 0.307 e. The number of aryl methyl sites for hydroxylation is 3. The van der Waals surface area contributed by atoms with Gasteiger partial charge in [-0.25, -0.2) is 4.57 Å². The fourth-order valence-corrected chi connectivity index (χ4v) is 7.29. The zero-order valence-electron chi connectivity index (χ0n) is 22.9. The van der Waals surface area contributed by atoms with Crippen molar-refractivity contribution in [2.45, 2.75) is 66.6 Å². The molecule has 0 radical (unpaired) electrons. The van der Waals surface area contributed by atoms with Gasteiger partial charge in [0.05, 0.1) is 35.4 Å². The molecular weight excluding hydrogens is 440 g/mol. The van der Waals surface area contributed by atoms with E-state index in [1.165, 1.54) is 76.4 Å². The summed E-state index contributed by atoms with van der Waals surface area (Å²) < 4.78 is 4.96. The highest BCUT2D eigenvalue weighted by atomic mass is 28.3. The second-order valence-corrected chi connectivity index (χ2v) is 17.9. The van der Waals surface area contributed by atoms with Crippen molar-refractivity contribution in [3.05, 3.63) is 64.8 Å². The lowest BCUT2D eigenvalue weighted by molar-refractivity contribution is -0.643. The molecule has 3 aromatic carbocycles. The highest BCUT2D eigenvalue weighted by Gasteiger charge is 2.28. The molecule has 0 bridgehead atoms. The first-order valence-electron chi connectivity index (χ1n) is 12.9. The summed E-state index contributed by atoms with van der Waals surface area (Å²) in [5, 5.41) is 8.45. The van der Waals surface area contributed by atoms with Crippen molar-refractivity contribution >= 4 is 62.3 Å². The minimum Gasteiger partial charge on any atom is -0.307 e. The molecule has 6 aromatic rings. The van der Waals surface area contributed by atoms with Gasteiger partial charge < -0.3 is 4.40 Å². The lowest BCUT2D eigenvalue weighted by Crippen LogP contribution is -2.38. The van der Waals surface area contributed by atoms with E-state index in [0.717, 1.165) is 0 Å². The monoisotopic (exact) mass is 477 g/mol. The molecule has 2 nitrogen and oxygen atoms in total. The van der Waals surface area contributed by atoms with Gasteiger partial charge in [0.15, 0.2) is 6.20 Å². The molecule has 0 amide bonds. The SMILES string of the molecule is Cc1c(C)c2c3ccc(C(C)(C)C)cc3n3c4cc([Si](C)(C)C)cc5cc[n+](C)c(c(c1C)c23)c54. The Kier molecular flexibility index (Phi) is 4.41. The number of rotatable bonds is 1. The zero-order chi connectivity index (χ0) is 25.2. The minimum absolute atomic E-state index is 0.100. The number of hydrogen-bond donors (Lipinski definition) is 0. The van der Waals surface area contributed by atoms with E-state index in [1.54, 1.807) is 0 Å². The van der Waals surface area contributed by atoms with E-state index in [9.17, 15) is 0 Å². The Balaban J connectivity index is 2.05. The molecule has 0 spiro atoms. The van der Waals surface area contributed by atoms with Gasteiger partial charge in [-0.05, 0) is 66.0 Å². The molecule has 0 saturated carbocycles. The molecule has 0 unspecified atom stereocenters. The van der Waals surface area contributed by atoms with E-state index >= 15 is 0 Å². The van der Waals surface area contributed by atoms with E-state index in [4.69, 9.17) is 0 Å². The number of pyridine rings is 2. The zero-order valence-corrected chi connectivity index (χ0v) is 23.9. The Labute approximate surface area is 209 Å². The predicted octanol–water partition coefficient (Wildman–Crippen LogP) is 7.58. The van der Waals surface area contributed by atoms with Crippen LogP contribution in [0, 0.1) is 20.8 Å². The first-order valence-corrected chi connectivity index (χ1v) is 16.4. The van der Waals surface area contributed by atoms with Gasteiger partial charge in [0.25, 0.3) is 0 Å². The Bertz CT molecular complexity index is 1840. The van der Waals surface area contributed by atoms with Crippen molar-refractivity contribution in [3.63, 3.8) is 0 Å². The van der Waals surface area contributed by atoms with Gasteiger partial charge in [0.1, 0.15) is 7.05 Å². The van der Waals surface area contributed by atoms with Gasteiger partial charge in [0.2, 0.25) is 5.52 Å². The third kappa shape index (κ3) is 2.91. The lowest BCUT2D eigenvalue weighted by atomic mass is 9.86. The minimum atomic E-state index is -1.52. The van der Waals surface area contributed by atoms with E-state index in [2.05, 4.69) is 120 Å². The second-order valence-electron chi connectivity index (χ2n) is 12.8. The number of benzene rings is 3. The molecule has 0 fully saturated rings. The molecule has 0 aliphatic heterocycles. The maximum absolute atomic E-state index is 2.62. The summed E-state index contributed by atoms with van der Waals surface area (Å²) in [7, 11) is 0.691. The Morgan fingerprint density at radius 2 is 1.46 bits per heavy atom. The van der Waals surface area contributed by atoms with Crippen molar-refractivity contribution in [2.75, 3.05) is 0 Å². The van der Waals surface area contributed by atoms with Gasteiger partial charge in [-0.15, -0.1) is 0 Å². The Morgan fingerprint density at radius 1 is 0.771 bits per heavy atom. The lowest BCUT2D eigenvalue weighted by Gasteiger charge is -2.21. The van der Waals surface area contributed by atoms with Crippen LogP contribution in [0.25, 0.3) is 49.0 Å². The van der Waals surface area contributed by atoms with E-state index in [0.29, 0.717) is 0 Å². The fourth-order valence-electron chi connectivity index (χ4n) is 6.14. The van der Waals surface area contributed by atoms with Gasteiger partial charge >= 0.3 is 0 Å². The van der Waals surface area contributed by atoms with Crippen molar-refractivity contribution in [2.24, 2.45) is 7.05 Å². The van der Waals surface area contributed by atoms with Crippen LogP contribution in [0.4, 0.5) is 0 Å². The van der Waals surface area contributed by atoms with Crippen LogP contribution in [-0.4, -0.2) is 12.5 Å². The first kappa shape index (κ1) is 22.5. The maximum atomic E-state index is 2.62. The van der Waals surface area contributed by atoms with Crippen LogP contribution in [0.3, 0.4) is 0 Å². The maximum Gasteiger partial charge on any atom is 0.224 e. The summed E-state index contributed by atoms with van der Waals surface area (Å²) in [5.41, 5.74) is 11.1. The molecule has 3 aromatic heterocycles. The third-order valence-electron chi connectivity index (χ3n) is 8.51. The smallest absolute Gasteiger partial charge is 0.224 e. The Hall–Kier alpha value is -2.91. The fraction of sp³-hybridized carbons (Fsp3) is 0.344. The summed E-state index contributed by atoms with van der Waals surface area (Å²) in [5.74, 6) is 0. The number of hydrogen-bond acceptors (Lipinski definition) is 0. The van der Waals surface area contributed by atoms with Crippen LogP contribution in [0.5, 0.6) is 0 Å². The van der Waals surface area contributed by atoms with Crippen molar-refractivity contribution in [1.82, 2.24) is 4.40 Å². The standard InChI is InChI=1S/C32H37N2Si/c1-18-19(2)27-24-12-11-22(32(4,5)6)16-25(24)34-26-17-23(35(8,9)10)15-21-13-14-33(7)30(29(21)26)28(20(18)3)31(27)34/h11-17H,1-10H3/q+1.